The zero-order valence-corrected chi connectivity index (χ0v) is 8.34. The van der Waals surface area contributed by atoms with E-state index in [4.69, 9.17) is 10.2 Å². The average molecular weight is 182 g/mol. The number of hydrogen-bond acceptors (Lipinski definition) is 3. The van der Waals surface area contributed by atoms with Crippen molar-refractivity contribution in [3.63, 3.8) is 0 Å². The Morgan fingerprint density at radius 1 is 1.54 bits per heavy atom. The zero-order chi connectivity index (χ0) is 9.73. The second-order valence-corrected chi connectivity index (χ2v) is 3.86. The van der Waals surface area contributed by atoms with Gasteiger partial charge in [-0.15, -0.1) is 0 Å². The van der Waals surface area contributed by atoms with E-state index in [-0.39, 0.29) is 5.54 Å². The van der Waals surface area contributed by atoms with E-state index in [9.17, 15) is 0 Å². The molecule has 3 N–H and O–H groups in total. The molecule has 0 aromatic carbocycles. The van der Waals surface area contributed by atoms with E-state index in [0.29, 0.717) is 6.54 Å². The predicted molar refractivity (Wildman–Crippen MR) is 53.3 cm³/mol. The summed E-state index contributed by atoms with van der Waals surface area (Å²) < 4.78 is 5.21. The molecule has 0 aliphatic heterocycles. The monoisotopic (exact) mass is 182 g/mol. The fourth-order valence-electron chi connectivity index (χ4n) is 1.19. The van der Waals surface area contributed by atoms with Gasteiger partial charge in [0.25, 0.3) is 0 Å². The fraction of sp³-hybridized carbons (Fsp3) is 0.600. The summed E-state index contributed by atoms with van der Waals surface area (Å²) in [6.45, 7) is 5.75. The van der Waals surface area contributed by atoms with Crippen LogP contribution in [0.15, 0.2) is 22.8 Å². The Morgan fingerprint density at radius 3 is 2.85 bits per heavy atom. The Bertz CT molecular complexity index is 229. The van der Waals surface area contributed by atoms with E-state index < -0.39 is 0 Å². The quantitative estimate of drug-likeness (QED) is 0.725. The molecule has 0 saturated heterocycles. The predicted octanol–water partition coefficient (Wildman–Crippen LogP) is 1.50. The molecule has 1 aromatic rings. The highest BCUT2D eigenvalue weighted by Gasteiger charge is 2.15. The summed E-state index contributed by atoms with van der Waals surface area (Å²) in [6, 6.07) is 3.86. The van der Waals surface area contributed by atoms with Crippen molar-refractivity contribution in [3.8, 4) is 0 Å². The van der Waals surface area contributed by atoms with Crippen molar-refractivity contribution in [3.05, 3.63) is 24.2 Å². The van der Waals surface area contributed by atoms with Crippen LogP contribution in [0.5, 0.6) is 0 Å². The Kier molecular flexibility index (Phi) is 3.51. The van der Waals surface area contributed by atoms with Gasteiger partial charge in [-0.1, -0.05) is 0 Å². The minimum absolute atomic E-state index is 0.0849. The van der Waals surface area contributed by atoms with Crippen LogP contribution in [0.3, 0.4) is 0 Å². The maximum atomic E-state index is 5.50. The SMILES string of the molecule is CC(C)(CCN)NCc1ccco1. The van der Waals surface area contributed by atoms with Gasteiger partial charge in [-0.2, -0.15) is 0 Å². The number of nitrogens with one attached hydrogen (secondary N) is 1. The van der Waals surface area contributed by atoms with Crippen LogP contribution in [-0.2, 0) is 6.54 Å². The number of rotatable bonds is 5. The minimum atomic E-state index is 0.0849. The molecule has 3 nitrogen and oxygen atoms in total. The van der Waals surface area contributed by atoms with Gasteiger partial charge < -0.3 is 15.5 Å². The van der Waals surface area contributed by atoms with Crippen LogP contribution in [0, 0.1) is 0 Å². The lowest BCUT2D eigenvalue weighted by molar-refractivity contribution is 0.344. The van der Waals surface area contributed by atoms with Crippen LogP contribution in [-0.4, -0.2) is 12.1 Å². The third-order valence-corrected chi connectivity index (χ3v) is 2.09. The minimum Gasteiger partial charge on any atom is -0.468 e. The molecule has 0 saturated carbocycles. The molecule has 0 radical (unpaired) electrons. The van der Waals surface area contributed by atoms with E-state index in [1.807, 2.05) is 12.1 Å². The Labute approximate surface area is 79.3 Å². The Morgan fingerprint density at radius 2 is 2.31 bits per heavy atom. The largest absolute Gasteiger partial charge is 0.468 e. The highest BCUT2D eigenvalue weighted by molar-refractivity contribution is 4.98. The van der Waals surface area contributed by atoms with Crippen molar-refractivity contribution >= 4 is 0 Å². The zero-order valence-electron chi connectivity index (χ0n) is 8.34. The van der Waals surface area contributed by atoms with Crippen LogP contribution >= 0.6 is 0 Å². The van der Waals surface area contributed by atoms with E-state index in [1.165, 1.54) is 0 Å². The maximum absolute atomic E-state index is 5.50. The van der Waals surface area contributed by atoms with E-state index >= 15 is 0 Å². The molecule has 1 aromatic heterocycles. The number of hydrogen-bond donors (Lipinski definition) is 2. The molecule has 0 aliphatic rings. The molecule has 1 heterocycles. The van der Waals surface area contributed by atoms with Crippen LogP contribution < -0.4 is 11.1 Å². The van der Waals surface area contributed by atoms with Gasteiger partial charge in [0.05, 0.1) is 12.8 Å². The Hall–Kier alpha value is -0.800. The van der Waals surface area contributed by atoms with Crippen LogP contribution in [0.2, 0.25) is 0 Å². The smallest absolute Gasteiger partial charge is 0.117 e. The molecule has 0 spiro atoms. The summed E-state index contributed by atoms with van der Waals surface area (Å²) in [4.78, 5) is 0. The summed E-state index contributed by atoms with van der Waals surface area (Å²) in [5.74, 6) is 0.963. The highest BCUT2D eigenvalue weighted by atomic mass is 16.3. The maximum Gasteiger partial charge on any atom is 0.117 e. The molecule has 0 bridgehead atoms. The standard InChI is InChI=1S/C10H18N2O/c1-10(2,5-6-11)12-8-9-4-3-7-13-9/h3-4,7,12H,5-6,8,11H2,1-2H3. The van der Waals surface area contributed by atoms with Gasteiger partial charge >= 0.3 is 0 Å². The third kappa shape index (κ3) is 3.61. The highest BCUT2D eigenvalue weighted by Crippen LogP contribution is 2.08. The molecule has 0 atom stereocenters. The van der Waals surface area contributed by atoms with Gasteiger partial charge in [0.15, 0.2) is 0 Å². The van der Waals surface area contributed by atoms with E-state index in [0.717, 1.165) is 18.7 Å². The molecule has 3 heteroatoms. The van der Waals surface area contributed by atoms with Gasteiger partial charge in [0.1, 0.15) is 5.76 Å². The van der Waals surface area contributed by atoms with Crippen molar-refractivity contribution in [2.75, 3.05) is 6.54 Å². The lowest BCUT2D eigenvalue weighted by Crippen LogP contribution is -2.40. The van der Waals surface area contributed by atoms with Crippen molar-refractivity contribution in [1.82, 2.24) is 5.32 Å². The van der Waals surface area contributed by atoms with Crippen LogP contribution in [0.25, 0.3) is 0 Å². The summed E-state index contributed by atoms with van der Waals surface area (Å²) in [5, 5.41) is 3.39. The summed E-state index contributed by atoms with van der Waals surface area (Å²) in [7, 11) is 0. The topological polar surface area (TPSA) is 51.2 Å². The van der Waals surface area contributed by atoms with Crippen molar-refractivity contribution in [2.45, 2.75) is 32.4 Å². The van der Waals surface area contributed by atoms with E-state index in [2.05, 4.69) is 19.2 Å². The van der Waals surface area contributed by atoms with Gasteiger partial charge in [-0.3, -0.25) is 0 Å². The summed E-state index contributed by atoms with van der Waals surface area (Å²) in [5.41, 5.74) is 5.59. The lowest BCUT2D eigenvalue weighted by atomic mass is 10.0. The summed E-state index contributed by atoms with van der Waals surface area (Å²) in [6.07, 6.45) is 2.65. The molecule has 0 amide bonds. The first kappa shape index (κ1) is 10.3. The molecule has 74 valence electrons. The van der Waals surface area contributed by atoms with Crippen LogP contribution in [0.4, 0.5) is 0 Å². The third-order valence-electron chi connectivity index (χ3n) is 2.09. The van der Waals surface area contributed by atoms with Crippen molar-refractivity contribution in [1.29, 1.82) is 0 Å². The second kappa shape index (κ2) is 4.44. The molecule has 13 heavy (non-hydrogen) atoms. The molecule has 0 fully saturated rings. The van der Waals surface area contributed by atoms with Gasteiger partial charge in [-0.05, 0) is 38.9 Å². The first-order valence-electron chi connectivity index (χ1n) is 4.61. The molecular weight excluding hydrogens is 164 g/mol. The molecule has 0 unspecified atom stereocenters. The fourth-order valence-corrected chi connectivity index (χ4v) is 1.19. The average Bonchev–Trinajstić information content (AvgIpc) is 2.52. The van der Waals surface area contributed by atoms with E-state index in [1.54, 1.807) is 6.26 Å². The Balaban J connectivity index is 2.33. The van der Waals surface area contributed by atoms with Gasteiger partial charge in [0.2, 0.25) is 0 Å². The van der Waals surface area contributed by atoms with Gasteiger partial charge in [-0.25, -0.2) is 0 Å². The van der Waals surface area contributed by atoms with Gasteiger partial charge in [0, 0.05) is 5.54 Å². The molecule has 0 aliphatic carbocycles. The normalized spacial score (nSPS) is 11.9. The second-order valence-electron chi connectivity index (χ2n) is 3.86. The number of nitrogens with two attached hydrogens (primary N) is 1. The first-order chi connectivity index (χ1) is 6.14. The molecular formula is C10H18N2O. The number of furan rings is 1. The van der Waals surface area contributed by atoms with Crippen LogP contribution in [0.1, 0.15) is 26.0 Å². The first-order valence-corrected chi connectivity index (χ1v) is 4.61. The lowest BCUT2D eigenvalue weighted by Gasteiger charge is -2.25. The molecule has 1 rings (SSSR count). The van der Waals surface area contributed by atoms with Crippen molar-refractivity contribution < 1.29 is 4.42 Å². The summed E-state index contributed by atoms with van der Waals surface area (Å²) >= 11 is 0. The van der Waals surface area contributed by atoms with Crippen molar-refractivity contribution in [2.24, 2.45) is 5.73 Å².